The van der Waals surface area contributed by atoms with Crippen LogP contribution in [0.3, 0.4) is 0 Å². The van der Waals surface area contributed by atoms with Gasteiger partial charge in [0.2, 0.25) is 0 Å². The minimum absolute atomic E-state index is 0.108. The van der Waals surface area contributed by atoms with Crippen LogP contribution >= 0.6 is 0 Å². The lowest BCUT2D eigenvalue weighted by molar-refractivity contribution is 0.157. The van der Waals surface area contributed by atoms with E-state index in [1.165, 1.54) is 6.07 Å². The zero-order chi connectivity index (χ0) is 14.4. The van der Waals surface area contributed by atoms with E-state index in [4.69, 9.17) is 0 Å². The lowest BCUT2D eigenvalue weighted by Crippen LogP contribution is -2.46. The number of benzene rings is 1. The van der Waals surface area contributed by atoms with Gasteiger partial charge in [-0.2, -0.15) is 0 Å². The lowest BCUT2D eigenvalue weighted by atomic mass is 10.0. The molecule has 0 aliphatic carbocycles. The maximum Gasteiger partial charge on any atom is 0.126 e. The Balaban J connectivity index is 2.71. The molecule has 0 aliphatic rings. The lowest BCUT2D eigenvalue weighted by Gasteiger charge is -2.34. The largest absolute Gasteiger partial charge is 0.315 e. The molecule has 1 unspecified atom stereocenters. The number of hydrogen-bond donors (Lipinski definition) is 1. The van der Waals surface area contributed by atoms with Crippen LogP contribution in [0.1, 0.15) is 33.3 Å². The minimum atomic E-state index is -0.108. The van der Waals surface area contributed by atoms with Gasteiger partial charge < -0.3 is 5.32 Å². The van der Waals surface area contributed by atoms with E-state index in [0.717, 1.165) is 18.5 Å². The van der Waals surface area contributed by atoms with Crippen molar-refractivity contribution < 1.29 is 4.39 Å². The van der Waals surface area contributed by atoms with Crippen LogP contribution in [0.4, 0.5) is 4.39 Å². The second-order valence-electron chi connectivity index (χ2n) is 5.67. The smallest absolute Gasteiger partial charge is 0.126 e. The summed E-state index contributed by atoms with van der Waals surface area (Å²) < 4.78 is 13.7. The van der Waals surface area contributed by atoms with Crippen molar-refractivity contribution in [2.24, 2.45) is 0 Å². The van der Waals surface area contributed by atoms with Crippen molar-refractivity contribution in [1.82, 2.24) is 10.2 Å². The molecule has 0 heterocycles. The molecule has 1 aromatic carbocycles. The van der Waals surface area contributed by atoms with Crippen LogP contribution in [0.2, 0.25) is 0 Å². The molecule has 1 N–H and O–H groups in total. The SMILES string of the molecule is CNC(Cc1ccccc1F)CN(C(C)C)C(C)C. The maximum absolute atomic E-state index is 13.7. The van der Waals surface area contributed by atoms with Crippen molar-refractivity contribution >= 4 is 0 Å². The van der Waals surface area contributed by atoms with E-state index in [1.54, 1.807) is 6.07 Å². The first-order chi connectivity index (χ1) is 8.95. The van der Waals surface area contributed by atoms with Crippen molar-refractivity contribution in [1.29, 1.82) is 0 Å². The van der Waals surface area contributed by atoms with Crippen LogP contribution in [-0.4, -0.2) is 36.6 Å². The fraction of sp³-hybridized carbons (Fsp3) is 0.625. The molecular formula is C16H27FN2. The second kappa shape index (κ2) is 7.61. The molecule has 0 saturated heterocycles. The predicted molar refractivity (Wildman–Crippen MR) is 79.9 cm³/mol. The Kier molecular flexibility index (Phi) is 6.46. The third-order valence-electron chi connectivity index (χ3n) is 3.59. The Morgan fingerprint density at radius 2 is 1.68 bits per heavy atom. The summed E-state index contributed by atoms with van der Waals surface area (Å²) in [7, 11) is 1.95. The molecule has 1 atom stereocenters. The van der Waals surface area contributed by atoms with Crippen LogP contribution in [0.15, 0.2) is 24.3 Å². The van der Waals surface area contributed by atoms with Crippen molar-refractivity contribution in [3.63, 3.8) is 0 Å². The molecule has 0 aliphatic heterocycles. The van der Waals surface area contributed by atoms with Crippen LogP contribution in [-0.2, 0) is 6.42 Å². The van der Waals surface area contributed by atoms with Crippen LogP contribution in [0.5, 0.6) is 0 Å². The summed E-state index contributed by atoms with van der Waals surface area (Å²) in [5, 5.41) is 3.31. The summed E-state index contributed by atoms with van der Waals surface area (Å²) in [6.07, 6.45) is 0.721. The minimum Gasteiger partial charge on any atom is -0.315 e. The Morgan fingerprint density at radius 3 is 2.16 bits per heavy atom. The van der Waals surface area contributed by atoms with Gasteiger partial charge in [-0.05, 0) is 52.8 Å². The highest BCUT2D eigenvalue weighted by molar-refractivity contribution is 5.18. The molecule has 0 fully saturated rings. The van der Waals surface area contributed by atoms with E-state index in [9.17, 15) is 4.39 Å². The molecule has 0 aromatic heterocycles. The number of halogens is 1. The number of rotatable bonds is 7. The van der Waals surface area contributed by atoms with E-state index in [0.29, 0.717) is 12.1 Å². The highest BCUT2D eigenvalue weighted by atomic mass is 19.1. The van der Waals surface area contributed by atoms with Gasteiger partial charge in [0.1, 0.15) is 5.82 Å². The summed E-state index contributed by atoms with van der Waals surface area (Å²) >= 11 is 0. The summed E-state index contributed by atoms with van der Waals surface area (Å²) in [4.78, 5) is 2.43. The molecule has 0 radical (unpaired) electrons. The van der Waals surface area contributed by atoms with Gasteiger partial charge in [-0.1, -0.05) is 18.2 Å². The zero-order valence-corrected chi connectivity index (χ0v) is 12.8. The first kappa shape index (κ1) is 16.1. The molecule has 3 heteroatoms. The normalized spacial score (nSPS) is 13.5. The average Bonchev–Trinajstić information content (AvgIpc) is 2.35. The van der Waals surface area contributed by atoms with Gasteiger partial charge in [0.25, 0.3) is 0 Å². The van der Waals surface area contributed by atoms with Gasteiger partial charge >= 0.3 is 0 Å². The Labute approximate surface area is 117 Å². The quantitative estimate of drug-likeness (QED) is 0.816. The fourth-order valence-corrected chi connectivity index (χ4v) is 2.46. The molecule has 0 amide bonds. The van der Waals surface area contributed by atoms with Gasteiger partial charge in [0.05, 0.1) is 0 Å². The number of nitrogens with zero attached hydrogens (tertiary/aromatic N) is 1. The molecule has 1 aromatic rings. The van der Waals surface area contributed by atoms with E-state index < -0.39 is 0 Å². The highest BCUT2D eigenvalue weighted by Crippen LogP contribution is 2.12. The third kappa shape index (κ3) is 4.92. The van der Waals surface area contributed by atoms with Gasteiger partial charge in [-0.3, -0.25) is 4.90 Å². The van der Waals surface area contributed by atoms with Gasteiger partial charge in [-0.15, -0.1) is 0 Å². The molecule has 0 saturated carbocycles. The summed E-state index contributed by atoms with van der Waals surface area (Å²) in [5.74, 6) is -0.108. The standard InChI is InChI=1S/C16H27FN2/c1-12(2)19(13(3)4)11-15(18-5)10-14-8-6-7-9-16(14)17/h6-9,12-13,15,18H,10-11H2,1-5H3. The number of nitrogens with one attached hydrogen (secondary N) is 1. The van der Waals surface area contributed by atoms with E-state index in [2.05, 4.69) is 37.9 Å². The third-order valence-corrected chi connectivity index (χ3v) is 3.59. The van der Waals surface area contributed by atoms with Crippen LogP contribution < -0.4 is 5.32 Å². The molecule has 0 spiro atoms. The predicted octanol–water partition coefficient (Wildman–Crippen LogP) is 3.08. The van der Waals surface area contributed by atoms with Crippen molar-refractivity contribution in [3.05, 3.63) is 35.6 Å². The van der Waals surface area contributed by atoms with Gasteiger partial charge in [0.15, 0.2) is 0 Å². The molecule has 108 valence electrons. The van der Waals surface area contributed by atoms with Gasteiger partial charge in [-0.25, -0.2) is 4.39 Å². The topological polar surface area (TPSA) is 15.3 Å². The van der Waals surface area contributed by atoms with Crippen LogP contribution in [0, 0.1) is 5.82 Å². The van der Waals surface area contributed by atoms with Crippen molar-refractivity contribution in [2.45, 2.75) is 52.2 Å². The number of hydrogen-bond acceptors (Lipinski definition) is 2. The molecular weight excluding hydrogens is 239 g/mol. The average molecular weight is 266 g/mol. The van der Waals surface area contributed by atoms with Crippen molar-refractivity contribution in [2.75, 3.05) is 13.6 Å². The second-order valence-corrected chi connectivity index (χ2v) is 5.67. The van der Waals surface area contributed by atoms with Crippen LogP contribution in [0.25, 0.3) is 0 Å². The Bertz CT molecular complexity index is 369. The molecule has 19 heavy (non-hydrogen) atoms. The summed E-state index contributed by atoms with van der Waals surface area (Å²) in [6, 6.07) is 8.30. The van der Waals surface area contributed by atoms with E-state index in [-0.39, 0.29) is 11.9 Å². The van der Waals surface area contributed by atoms with Gasteiger partial charge in [0, 0.05) is 24.7 Å². The Morgan fingerprint density at radius 1 is 1.11 bits per heavy atom. The first-order valence-electron chi connectivity index (χ1n) is 7.12. The van der Waals surface area contributed by atoms with E-state index >= 15 is 0 Å². The molecule has 2 nitrogen and oxygen atoms in total. The Hall–Kier alpha value is -0.930. The number of likely N-dealkylation sites (N-methyl/N-ethyl adjacent to an activating group) is 1. The fourth-order valence-electron chi connectivity index (χ4n) is 2.46. The monoisotopic (exact) mass is 266 g/mol. The highest BCUT2D eigenvalue weighted by Gasteiger charge is 2.19. The molecule has 0 bridgehead atoms. The summed E-state index contributed by atoms with van der Waals surface area (Å²) in [5.41, 5.74) is 0.786. The van der Waals surface area contributed by atoms with E-state index in [1.807, 2.05) is 19.2 Å². The summed E-state index contributed by atoms with van der Waals surface area (Å²) in [6.45, 7) is 9.75. The molecule has 1 rings (SSSR count). The van der Waals surface area contributed by atoms with Crippen molar-refractivity contribution in [3.8, 4) is 0 Å². The first-order valence-corrected chi connectivity index (χ1v) is 7.12. The zero-order valence-electron chi connectivity index (χ0n) is 12.8. The maximum atomic E-state index is 13.7.